The van der Waals surface area contributed by atoms with Gasteiger partial charge < -0.3 is 4.90 Å². The van der Waals surface area contributed by atoms with Gasteiger partial charge in [-0.1, -0.05) is 45.6 Å². The van der Waals surface area contributed by atoms with Crippen molar-refractivity contribution in [2.75, 3.05) is 20.1 Å². The molecule has 15 heavy (non-hydrogen) atoms. The fraction of sp³-hybridized carbons (Fsp3) is 0.571. The van der Waals surface area contributed by atoms with Gasteiger partial charge in [-0.3, -0.25) is 0 Å². The van der Waals surface area contributed by atoms with E-state index in [0.29, 0.717) is 5.92 Å². The summed E-state index contributed by atoms with van der Waals surface area (Å²) in [7, 11) is 2.18. The lowest BCUT2D eigenvalue weighted by molar-refractivity contribution is 0.247. The van der Waals surface area contributed by atoms with Crippen LogP contribution in [0.5, 0.6) is 0 Å². The van der Waals surface area contributed by atoms with Crippen molar-refractivity contribution in [1.29, 1.82) is 0 Å². The lowest BCUT2D eigenvalue weighted by Crippen LogP contribution is -2.36. The summed E-state index contributed by atoms with van der Waals surface area (Å²) in [5.74, 6) is 1.34. The summed E-state index contributed by atoms with van der Waals surface area (Å²) < 4.78 is 0. The molecule has 0 aliphatic carbocycles. The van der Waals surface area contributed by atoms with Crippen LogP contribution in [0.25, 0.3) is 0 Å². The average Bonchev–Trinajstić information content (AvgIpc) is 2.26. The Kier molecular flexibility index (Phi) is 4.34. The van der Waals surface area contributed by atoms with Crippen molar-refractivity contribution in [2.45, 2.75) is 20.3 Å². The third-order valence-electron chi connectivity index (χ3n) is 3.52. The predicted molar refractivity (Wildman–Crippen MR) is 67.9 cm³/mol. The van der Waals surface area contributed by atoms with Crippen molar-refractivity contribution >= 4 is 0 Å². The first-order valence-corrected chi connectivity index (χ1v) is 5.80. The Morgan fingerprint density at radius 2 is 2.13 bits per heavy atom. The summed E-state index contributed by atoms with van der Waals surface area (Å²) in [6, 6.07) is 0. The molecule has 0 N–H and O–H groups in total. The van der Waals surface area contributed by atoms with Crippen LogP contribution in [0.4, 0.5) is 0 Å². The quantitative estimate of drug-likeness (QED) is 0.681. The molecule has 0 radical (unpaired) electrons. The highest BCUT2D eigenvalue weighted by Gasteiger charge is 2.26. The molecular weight excluding hydrogens is 182 g/mol. The van der Waals surface area contributed by atoms with E-state index in [1.54, 1.807) is 0 Å². The summed E-state index contributed by atoms with van der Waals surface area (Å²) in [6.07, 6.45) is 5.24. The second kappa shape index (κ2) is 5.32. The second-order valence-electron chi connectivity index (χ2n) is 4.58. The Balaban J connectivity index is 3.02. The van der Waals surface area contributed by atoms with Crippen LogP contribution in [-0.4, -0.2) is 25.0 Å². The first kappa shape index (κ1) is 12.3. The number of likely N-dealkylation sites (N-methyl/N-ethyl adjacent to an activating group) is 1. The molecule has 1 rings (SSSR count). The first-order chi connectivity index (χ1) is 7.13. The predicted octanol–water partition coefficient (Wildman–Crippen LogP) is 3.26. The Morgan fingerprint density at radius 1 is 1.47 bits per heavy atom. The largest absolute Gasteiger partial charge is 0.301 e. The third kappa shape index (κ3) is 2.60. The molecule has 0 aromatic rings. The molecule has 1 aliphatic rings. The van der Waals surface area contributed by atoms with Crippen molar-refractivity contribution in [3.63, 3.8) is 0 Å². The normalized spacial score (nSPS) is 25.1. The fourth-order valence-electron chi connectivity index (χ4n) is 2.35. The number of rotatable bonds is 4. The van der Waals surface area contributed by atoms with Gasteiger partial charge in [0.05, 0.1) is 0 Å². The zero-order chi connectivity index (χ0) is 11.4. The molecule has 0 aromatic carbocycles. The van der Waals surface area contributed by atoms with E-state index in [2.05, 4.69) is 39.0 Å². The van der Waals surface area contributed by atoms with Gasteiger partial charge in [-0.15, -0.1) is 0 Å². The molecule has 0 saturated heterocycles. The highest BCUT2D eigenvalue weighted by atomic mass is 15.1. The molecular formula is C14H23N. The van der Waals surface area contributed by atoms with Crippen LogP contribution in [0.3, 0.4) is 0 Å². The Labute approximate surface area is 94.2 Å². The van der Waals surface area contributed by atoms with Crippen LogP contribution >= 0.6 is 0 Å². The smallest absolute Gasteiger partial charge is 0.0233 e. The zero-order valence-corrected chi connectivity index (χ0v) is 10.3. The molecule has 1 heterocycles. The van der Waals surface area contributed by atoms with Gasteiger partial charge in [0.15, 0.2) is 0 Å². The molecule has 2 atom stereocenters. The van der Waals surface area contributed by atoms with E-state index in [4.69, 9.17) is 0 Å². The molecule has 2 unspecified atom stereocenters. The maximum absolute atomic E-state index is 3.95. The number of allylic oxidation sites excluding steroid dienone is 1. The van der Waals surface area contributed by atoms with Gasteiger partial charge in [-0.25, -0.2) is 0 Å². The second-order valence-corrected chi connectivity index (χ2v) is 4.58. The van der Waals surface area contributed by atoms with Crippen molar-refractivity contribution in [2.24, 2.45) is 11.8 Å². The number of hydrogen-bond donors (Lipinski definition) is 0. The van der Waals surface area contributed by atoms with Crippen LogP contribution < -0.4 is 0 Å². The zero-order valence-electron chi connectivity index (χ0n) is 10.3. The van der Waals surface area contributed by atoms with E-state index in [-0.39, 0.29) is 0 Å². The van der Waals surface area contributed by atoms with Gasteiger partial charge in [0, 0.05) is 13.1 Å². The minimum Gasteiger partial charge on any atom is -0.301 e. The maximum atomic E-state index is 3.95. The highest BCUT2D eigenvalue weighted by Crippen LogP contribution is 2.31. The molecule has 1 heteroatoms. The molecule has 84 valence electrons. The van der Waals surface area contributed by atoms with E-state index in [0.717, 1.165) is 19.0 Å². The summed E-state index contributed by atoms with van der Waals surface area (Å²) in [6.45, 7) is 14.6. The van der Waals surface area contributed by atoms with Crippen LogP contribution in [-0.2, 0) is 0 Å². The molecule has 1 nitrogen and oxygen atoms in total. The summed E-state index contributed by atoms with van der Waals surface area (Å²) in [5, 5.41) is 0. The number of nitrogens with zero attached hydrogens (tertiary/aromatic N) is 1. The lowest BCUT2D eigenvalue weighted by atomic mass is 9.80. The van der Waals surface area contributed by atoms with Gasteiger partial charge in [-0.05, 0) is 30.0 Å². The van der Waals surface area contributed by atoms with Gasteiger partial charge in [0.25, 0.3) is 0 Å². The molecule has 1 aliphatic heterocycles. The van der Waals surface area contributed by atoms with E-state index < -0.39 is 0 Å². The molecule has 0 bridgehead atoms. The van der Waals surface area contributed by atoms with Crippen LogP contribution in [0.1, 0.15) is 20.3 Å². The van der Waals surface area contributed by atoms with Gasteiger partial charge in [0.1, 0.15) is 0 Å². The van der Waals surface area contributed by atoms with Crippen LogP contribution in [0, 0.1) is 11.8 Å². The maximum Gasteiger partial charge on any atom is 0.0233 e. The topological polar surface area (TPSA) is 3.24 Å². The molecule has 0 fully saturated rings. The Hall–Kier alpha value is -0.820. The molecule has 0 saturated carbocycles. The van der Waals surface area contributed by atoms with E-state index >= 15 is 0 Å². The van der Waals surface area contributed by atoms with E-state index in [1.807, 2.05) is 12.2 Å². The van der Waals surface area contributed by atoms with Crippen molar-refractivity contribution < 1.29 is 0 Å². The highest BCUT2D eigenvalue weighted by molar-refractivity contribution is 5.36. The Bertz CT molecular complexity index is 275. The van der Waals surface area contributed by atoms with Crippen molar-refractivity contribution in [3.8, 4) is 0 Å². The van der Waals surface area contributed by atoms with Gasteiger partial charge in [-0.2, -0.15) is 0 Å². The van der Waals surface area contributed by atoms with Crippen LogP contribution in [0.2, 0.25) is 0 Å². The first-order valence-electron chi connectivity index (χ1n) is 5.80. The number of hydrogen-bond acceptors (Lipinski definition) is 1. The lowest BCUT2D eigenvalue weighted by Gasteiger charge is -2.35. The SMILES string of the molecule is C=CC1=C(C=C)C(C(C)CC)CN(C)C1. The van der Waals surface area contributed by atoms with Gasteiger partial charge >= 0.3 is 0 Å². The molecule has 0 aromatic heterocycles. The van der Waals surface area contributed by atoms with Gasteiger partial charge in [0.2, 0.25) is 0 Å². The minimum absolute atomic E-state index is 0.624. The summed E-state index contributed by atoms with van der Waals surface area (Å²) in [5.41, 5.74) is 2.77. The molecule has 0 spiro atoms. The summed E-state index contributed by atoms with van der Waals surface area (Å²) >= 11 is 0. The molecule has 0 amide bonds. The summed E-state index contributed by atoms with van der Waals surface area (Å²) in [4.78, 5) is 2.38. The Morgan fingerprint density at radius 3 is 2.60 bits per heavy atom. The standard InChI is InChI=1S/C14H23N/c1-6-11(4)14-10-15(5)9-12(7-2)13(14)8-3/h7-8,11,14H,2-3,6,9-10H2,1,4-5H3. The van der Waals surface area contributed by atoms with Crippen molar-refractivity contribution in [3.05, 3.63) is 36.5 Å². The fourth-order valence-corrected chi connectivity index (χ4v) is 2.35. The monoisotopic (exact) mass is 205 g/mol. The van der Waals surface area contributed by atoms with Crippen molar-refractivity contribution in [1.82, 2.24) is 4.90 Å². The minimum atomic E-state index is 0.624. The third-order valence-corrected chi connectivity index (χ3v) is 3.52. The van der Waals surface area contributed by atoms with E-state index in [9.17, 15) is 0 Å². The van der Waals surface area contributed by atoms with Crippen LogP contribution in [0.15, 0.2) is 36.5 Å². The average molecular weight is 205 g/mol. The van der Waals surface area contributed by atoms with E-state index in [1.165, 1.54) is 17.6 Å².